The van der Waals surface area contributed by atoms with E-state index in [9.17, 15) is 19.6 Å². The first kappa shape index (κ1) is 18.9. The molecule has 1 N–H and O–H groups in total. The van der Waals surface area contributed by atoms with Crippen molar-refractivity contribution in [2.75, 3.05) is 4.90 Å². The summed E-state index contributed by atoms with van der Waals surface area (Å²) in [5.74, 6) is -1.29. The molecule has 0 saturated heterocycles. The third-order valence-electron chi connectivity index (χ3n) is 5.68. The van der Waals surface area contributed by atoms with Crippen LogP contribution in [0.5, 0.6) is 0 Å². The SMILES string of the molecule is C[C@](C#N)(c1ccccc1F)[C@]1(O)C(=O)N(Cc2ccccc2)c2ccccc21. The Morgan fingerprint density at radius 2 is 1.66 bits per heavy atom. The molecule has 0 saturated carbocycles. The molecular formula is C24H19FN2O2. The summed E-state index contributed by atoms with van der Waals surface area (Å²) in [6.45, 7) is 1.64. The van der Waals surface area contributed by atoms with Gasteiger partial charge in [-0.15, -0.1) is 0 Å². The van der Waals surface area contributed by atoms with E-state index >= 15 is 0 Å². The van der Waals surface area contributed by atoms with E-state index in [1.54, 1.807) is 30.3 Å². The van der Waals surface area contributed by atoms with Crippen molar-refractivity contribution in [1.82, 2.24) is 0 Å². The van der Waals surface area contributed by atoms with Crippen LogP contribution in [0.2, 0.25) is 0 Å². The molecule has 1 heterocycles. The molecule has 4 nitrogen and oxygen atoms in total. The Morgan fingerprint density at radius 3 is 2.34 bits per heavy atom. The molecular weight excluding hydrogens is 367 g/mol. The van der Waals surface area contributed by atoms with Gasteiger partial charge in [-0.25, -0.2) is 4.39 Å². The number of anilines is 1. The van der Waals surface area contributed by atoms with Crippen LogP contribution in [-0.2, 0) is 22.4 Å². The molecule has 0 unspecified atom stereocenters. The van der Waals surface area contributed by atoms with Crippen molar-refractivity contribution >= 4 is 11.6 Å². The number of carbonyl (C=O) groups is 1. The van der Waals surface area contributed by atoms with Gasteiger partial charge in [-0.3, -0.25) is 4.79 Å². The van der Waals surface area contributed by atoms with Crippen molar-refractivity contribution in [3.05, 3.63) is 101 Å². The topological polar surface area (TPSA) is 64.3 Å². The van der Waals surface area contributed by atoms with Gasteiger partial charge in [0.2, 0.25) is 0 Å². The zero-order chi connectivity index (χ0) is 20.6. The van der Waals surface area contributed by atoms with Gasteiger partial charge in [-0.05, 0) is 24.6 Å². The molecule has 0 bridgehead atoms. The number of hydrogen-bond donors (Lipinski definition) is 1. The highest BCUT2D eigenvalue weighted by Gasteiger charge is 2.62. The fourth-order valence-corrected chi connectivity index (χ4v) is 4.04. The first-order chi connectivity index (χ1) is 13.9. The quantitative estimate of drug-likeness (QED) is 0.736. The molecule has 0 aromatic heterocycles. The van der Waals surface area contributed by atoms with Gasteiger partial charge in [0.05, 0.1) is 18.3 Å². The van der Waals surface area contributed by atoms with Gasteiger partial charge in [-0.1, -0.05) is 66.7 Å². The monoisotopic (exact) mass is 386 g/mol. The summed E-state index contributed by atoms with van der Waals surface area (Å²) in [4.78, 5) is 15.0. The van der Waals surface area contributed by atoms with Crippen molar-refractivity contribution < 1.29 is 14.3 Å². The lowest BCUT2D eigenvalue weighted by Crippen LogP contribution is -2.53. The number of halogens is 1. The van der Waals surface area contributed by atoms with E-state index < -0.39 is 22.7 Å². The summed E-state index contributed by atoms with van der Waals surface area (Å²) in [5.41, 5.74) is -2.37. The fourth-order valence-electron chi connectivity index (χ4n) is 4.04. The minimum absolute atomic E-state index is 0.0188. The molecule has 4 rings (SSSR count). The van der Waals surface area contributed by atoms with Crippen LogP contribution in [0.3, 0.4) is 0 Å². The summed E-state index contributed by atoms with van der Waals surface area (Å²) in [6.07, 6.45) is 0. The second-order valence-corrected chi connectivity index (χ2v) is 7.32. The predicted octanol–water partition coefficient (Wildman–Crippen LogP) is 4.04. The number of rotatable bonds is 4. The number of amides is 1. The highest BCUT2D eigenvalue weighted by atomic mass is 19.1. The van der Waals surface area contributed by atoms with Crippen molar-refractivity contribution in [1.29, 1.82) is 5.26 Å². The van der Waals surface area contributed by atoms with Crippen LogP contribution in [0.4, 0.5) is 10.1 Å². The Morgan fingerprint density at radius 1 is 1.03 bits per heavy atom. The van der Waals surface area contributed by atoms with Crippen LogP contribution in [0, 0.1) is 17.1 Å². The molecule has 3 aromatic rings. The number of nitriles is 1. The van der Waals surface area contributed by atoms with Crippen molar-refractivity contribution in [2.24, 2.45) is 0 Å². The second kappa shape index (κ2) is 6.84. The molecule has 0 radical (unpaired) electrons. The molecule has 29 heavy (non-hydrogen) atoms. The van der Waals surface area contributed by atoms with Gasteiger partial charge in [-0.2, -0.15) is 5.26 Å². The number of hydrogen-bond acceptors (Lipinski definition) is 3. The third kappa shape index (κ3) is 2.65. The summed E-state index contributed by atoms with van der Waals surface area (Å²) in [5, 5.41) is 21.8. The maximum absolute atomic E-state index is 14.7. The van der Waals surface area contributed by atoms with E-state index in [0.717, 1.165) is 5.56 Å². The highest BCUT2D eigenvalue weighted by Crippen LogP contribution is 2.51. The third-order valence-corrected chi connectivity index (χ3v) is 5.68. The summed E-state index contributed by atoms with van der Waals surface area (Å²) >= 11 is 0. The van der Waals surface area contributed by atoms with Gasteiger partial charge in [0.25, 0.3) is 5.91 Å². The number of fused-ring (bicyclic) bond motifs is 1. The van der Waals surface area contributed by atoms with E-state index in [0.29, 0.717) is 11.3 Å². The molecule has 144 valence electrons. The van der Waals surface area contributed by atoms with Gasteiger partial charge >= 0.3 is 0 Å². The van der Waals surface area contributed by atoms with Crippen molar-refractivity contribution in [2.45, 2.75) is 24.5 Å². The molecule has 0 fully saturated rings. The Hall–Kier alpha value is -3.49. The van der Waals surface area contributed by atoms with E-state index in [1.165, 1.54) is 30.0 Å². The molecule has 0 spiro atoms. The average molecular weight is 386 g/mol. The lowest BCUT2D eigenvalue weighted by Gasteiger charge is -2.36. The lowest BCUT2D eigenvalue weighted by atomic mass is 9.66. The average Bonchev–Trinajstić information content (AvgIpc) is 2.97. The van der Waals surface area contributed by atoms with Crippen LogP contribution in [0.25, 0.3) is 0 Å². The molecule has 1 aliphatic rings. The standard InChI is InChI=1S/C24H19FN2O2/c1-23(16-26,18-11-5-7-13-20(18)25)24(29)19-12-6-8-14-21(19)27(22(24)28)15-17-9-3-2-4-10-17/h2-14,29H,15H2,1H3/t23-,24+/m0/s1. The zero-order valence-electron chi connectivity index (χ0n) is 15.8. The molecule has 1 aliphatic heterocycles. The van der Waals surface area contributed by atoms with E-state index in [2.05, 4.69) is 0 Å². The smallest absolute Gasteiger partial charge is 0.266 e. The van der Waals surface area contributed by atoms with Crippen LogP contribution >= 0.6 is 0 Å². The van der Waals surface area contributed by atoms with Crippen molar-refractivity contribution in [3.8, 4) is 6.07 Å². The summed E-state index contributed by atoms with van der Waals surface area (Å²) < 4.78 is 14.7. The van der Waals surface area contributed by atoms with E-state index in [4.69, 9.17) is 0 Å². The number of nitrogens with zero attached hydrogens (tertiary/aromatic N) is 2. The summed E-state index contributed by atoms with van der Waals surface area (Å²) in [6, 6.07) is 24.0. The Bertz CT molecular complexity index is 1120. The molecule has 3 aromatic carbocycles. The Balaban J connectivity index is 1.90. The number of carbonyl (C=O) groups excluding carboxylic acids is 1. The lowest BCUT2D eigenvalue weighted by molar-refractivity contribution is -0.141. The largest absolute Gasteiger partial charge is 0.374 e. The molecule has 2 atom stereocenters. The van der Waals surface area contributed by atoms with Gasteiger partial charge in [0.15, 0.2) is 5.60 Å². The number of para-hydroxylation sites is 1. The molecule has 1 amide bonds. The zero-order valence-corrected chi connectivity index (χ0v) is 15.8. The Kier molecular flexibility index (Phi) is 4.45. The van der Waals surface area contributed by atoms with Crippen LogP contribution in [0.15, 0.2) is 78.9 Å². The van der Waals surface area contributed by atoms with Gasteiger partial charge in [0.1, 0.15) is 11.2 Å². The van der Waals surface area contributed by atoms with Gasteiger partial charge in [0, 0.05) is 11.1 Å². The van der Waals surface area contributed by atoms with Crippen molar-refractivity contribution in [3.63, 3.8) is 0 Å². The first-order valence-corrected chi connectivity index (χ1v) is 9.27. The second-order valence-electron chi connectivity index (χ2n) is 7.32. The molecule has 0 aliphatic carbocycles. The maximum Gasteiger partial charge on any atom is 0.266 e. The fraction of sp³-hybridized carbons (Fsp3) is 0.167. The molecule has 5 heteroatoms. The summed E-state index contributed by atoms with van der Waals surface area (Å²) in [7, 11) is 0. The van der Waals surface area contributed by atoms with E-state index in [-0.39, 0.29) is 12.1 Å². The van der Waals surface area contributed by atoms with Crippen LogP contribution in [-0.4, -0.2) is 11.0 Å². The minimum Gasteiger partial charge on any atom is -0.374 e. The highest BCUT2D eigenvalue weighted by molar-refractivity contribution is 6.08. The minimum atomic E-state index is -2.23. The van der Waals surface area contributed by atoms with Gasteiger partial charge < -0.3 is 10.0 Å². The normalized spacial score (nSPS) is 20.1. The van der Waals surface area contributed by atoms with Crippen LogP contribution in [0.1, 0.15) is 23.6 Å². The maximum atomic E-state index is 14.7. The van der Waals surface area contributed by atoms with E-state index in [1.807, 2.05) is 36.4 Å². The Labute approximate surface area is 168 Å². The predicted molar refractivity (Wildman–Crippen MR) is 107 cm³/mol. The number of benzene rings is 3. The van der Waals surface area contributed by atoms with Crippen LogP contribution < -0.4 is 4.90 Å². The first-order valence-electron chi connectivity index (χ1n) is 9.27. The number of aliphatic hydroxyl groups is 1.